The average molecular weight is 280 g/mol. The van der Waals surface area contributed by atoms with Crippen molar-refractivity contribution >= 4 is 5.91 Å². The van der Waals surface area contributed by atoms with Crippen LogP contribution in [0.1, 0.15) is 61.3 Å². The molecule has 2 atom stereocenters. The summed E-state index contributed by atoms with van der Waals surface area (Å²) in [7, 11) is 0. The highest BCUT2D eigenvalue weighted by atomic mass is 16.5. The van der Waals surface area contributed by atoms with Gasteiger partial charge in [-0.15, -0.1) is 0 Å². The molecule has 1 heterocycles. The van der Waals surface area contributed by atoms with Gasteiger partial charge in [-0.3, -0.25) is 4.79 Å². The molecular weight excluding hydrogens is 256 g/mol. The Bertz CT molecular complexity index is 483. The Morgan fingerprint density at radius 1 is 1.60 bits per heavy atom. The lowest BCUT2D eigenvalue weighted by molar-refractivity contribution is 0.0695. The van der Waals surface area contributed by atoms with E-state index in [2.05, 4.69) is 17.4 Å². The highest BCUT2D eigenvalue weighted by Gasteiger charge is 2.37. The van der Waals surface area contributed by atoms with Gasteiger partial charge in [-0.2, -0.15) is 0 Å². The Morgan fingerprint density at radius 3 is 2.95 bits per heavy atom. The second kappa shape index (κ2) is 5.95. The molecule has 2 N–H and O–H groups in total. The second-order valence-corrected chi connectivity index (χ2v) is 6.01. The van der Waals surface area contributed by atoms with Gasteiger partial charge in [-0.25, -0.2) is 0 Å². The third-order valence-electron chi connectivity index (χ3n) is 4.27. The number of aromatic nitrogens is 1. The molecule has 0 aromatic carbocycles. The van der Waals surface area contributed by atoms with Gasteiger partial charge in [0.1, 0.15) is 11.3 Å². The zero-order valence-corrected chi connectivity index (χ0v) is 12.5. The maximum atomic E-state index is 12.5. The fraction of sp³-hybridized carbons (Fsp3) is 0.733. The number of aliphatic hydroxyl groups is 1. The van der Waals surface area contributed by atoms with E-state index in [1.54, 1.807) is 6.92 Å². The van der Waals surface area contributed by atoms with Gasteiger partial charge in [0.05, 0.1) is 17.8 Å². The van der Waals surface area contributed by atoms with Crippen molar-refractivity contribution in [2.75, 3.05) is 6.61 Å². The maximum Gasteiger partial charge on any atom is 0.257 e. The summed E-state index contributed by atoms with van der Waals surface area (Å²) in [6.45, 7) is 5.83. The number of carbonyl (C=O) groups is 1. The van der Waals surface area contributed by atoms with Gasteiger partial charge in [-0.05, 0) is 32.1 Å². The van der Waals surface area contributed by atoms with Crippen LogP contribution in [0.4, 0.5) is 0 Å². The van der Waals surface area contributed by atoms with Crippen molar-refractivity contribution in [2.45, 2.75) is 58.4 Å². The number of aliphatic hydroxyl groups excluding tert-OH is 1. The molecule has 1 saturated carbocycles. The summed E-state index contributed by atoms with van der Waals surface area (Å²) in [6, 6.07) is 0. The minimum Gasteiger partial charge on any atom is -0.394 e. The van der Waals surface area contributed by atoms with Gasteiger partial charge in [0.2, 0.25) is 0 Å². The van der Waals surface area contributed by atoms with E-state index in [1.165, 1.54) is 0 Å². The number of aryl methyl sites for hydroxylation is 2. The number of rotatable bonds is 4. The van der Waals surface area contributed by atoms with Gasteiger partial charge in [0, 0.05) is 0 Å². The van der Waals surface area contributed by atoms with Crippen molar-refractivity contribution in [1.82, 2.24) is 10.5 Å². The molecule has 1 fully saturated rings. The zero-order valence-electron chi connectivity index (χ0n) is 12.5. The lowest BCUT2D eigenvalue weighted by Crippen LogP contribution is -2.54. The quantitative estimate of drug-likeness (QED) is 0.886. The molecule has 0 saturated heterocycles. The molecule has 2 unspecified atom stereocenters. The van der Waals surface area contributed by atoms with Crippen molar-refractivity contribution in [3.05, 3.63) is 17.0 Å². The Morgan fingerprint density at radius 2 is 2.35 bits per heavy atom. The van der Waals surface area contributed by atoms with E-state index in [0.717, 1.165) is 25.7 Å². The Hall–Kier alpha value is -1.36. The third kappa shape index (κ3) is 2.87. The normalized spacial score (nSPS) is 26.5. The molecule has 1 amide bonds. The van der Waals surface area contributed by atoms with Crippen LogP contribution in [0.25, 0.3) is 0 Å². The van der Waals surface area contributed by atoms with E-state index < -0.39 is 5.54 Å². The van der Waals surface area contributed by atoms with Crippen molar-refractivity contribution in [3.8, 4) is 0 Å². The number of nitrogens with one attached hydrogen (secondary N) is 1. The zero-order chi connectivity index (χ0) is 14.8. The number of nitrogens with zero attached hydrogens (tertiary/aromatic N) is 1. The lowest BCUT2D eigenvalue weighted by atomic mass is 9.76. The summed E-state index contributed by atoms with van der Waals surface area (Å²) in [5.41, 5.74) is 0.708. The van der Waals surface area contributed by atoms with Crippen LogP contribution in [0.2, 0.25) is 0 Å². The van der Waals surface area contributed by atoms with Crippen LogP contribution in [-0.2, 0) is 6.42 Å². The molecule has 0 bridgehead atoms. The van der Waals surface area contributed by atoms with Crippen molar-refractivity contribution in [2.24, 2.45) is 5.92 Å². The average Bonchev–Trinajstić information content (AvgIpc) is 2.80. The molecule has 112 valence electrons. The number of amides is 1. The van der Waals surface area contributed by atoms with Gasteiger partial charge in [-0.1, -0.05) is 31.8 Å². The molecule has 5 nitrogen and oxygen atoms in total. The molecule has 1 aliphatic rings. The second-order valence-electron chi connectivity index (χ2n) is 6.01. The minimum absolute atomic E-state index is 0.0190. The Kier molecular flexibility index (Phi) is 4.48. The van der Waals surface area contributed by atoms with E-state index in [9.17, 15) is 9.90 Å². The summed E-state index contributed by atoms with van der Waals surface area (Å²) >= 11 is 0. The predicted octanol–water partition coefficient (Wildman–Crippen LogP) is 2.22. The molecule has 5 heteroatoms. The third-order valence-corrected chi connectivity index (χ3v) is 4.27. The highest BCUT2D eigenvalue weighted by Crippen LogP contribution is 2.32. The number of carbonyl (C=O) groups excluding carboxylic acids is 1. The number of hydrogen-bond acceptors (Lipinski definition) is 4. The molecule has 0 spiro atoms. The first-order valence-electron chi connectivity index (χ1n) is 7.40. The van der Waals surface area contributed by atoms with Crippen molar-refractivity contribution in [3.63, 3.8) is 0 Å². The number of hydrogen-bond donors (Lipinski definition) is 2. The van der Waals surface area contributed by atoms with Crippen LogP contribution in [0.5, 0.6) is 0 Å². The molecule has 20 heavy (non-hydrogen) atoms. The molecule has 2 rings (SSSR count). The first-order chi connectivity index (χ1) is 9.51. The molecule has 1 aromatic heterocycles. The van der Waals surface area contributed by atoms with Crippen LogP contribution in [0, 0.1) is 12.8 Å². The minimum atomic E-state index is -0.497. The monoisotopic (exact) mass is 280 g/mol. The van der Waals surface area contributed by atoms with E-state index >= 15 is 0 Å². The Labute approximate surface area is 119 Å². The smallest absolute Gasteiger partial charge is 0.257 e. The summed E-state index contributed by atoms with van der Waals surface area (Å²) < 4.78 is 5.11. The molecule has 1 aromatic rings. The van der Waals surface area contributed by atoms with Crippen LogP contribution in [-0.4, -0.2) is 28.3 Å². The summed E-state index contributed by atoms with van der Waals surface area (Å²) in [5, 5.41) is 16.7. The predicted molar refractivity (Wildman–Crippen MR) is 75.5 cm³/mol. The molecule has 0 aliphatic heterocycles. The topological polar surface area (TPSA) is 75.4 Å². The van der Waals surface area contributed by atoms with Gasteiger partial charge in [0.25, 0.3) is 5.91 Å². The fourth-order valence-corrected chi connectivity index (χ4v) is 3.21. The van der Waals surface area contributed by atoms with Crippen LogP contribution < -0.4 is 5.32 Å². The molecule has 1 aliphatic carbocycles. The van der Waals surface area contributed by atoms with E-state index in [4.69, 9.17) is 4.52 Å². The maximum absolute atomic E-state index is 12.5. The summed E-state index contributed by atoms with van der Waals surface area (Å²) in [4.78, 5) is 12.5. The first-order valence-corrected chi connectivity index (χ1v) is 7.40. The molecule has 0 radical (unpaired) electrons. The van der Waals surface area contributed by atoms with Crippen LogP contribution in [0.15, 0.2) is 4.52 Å². The summed E-state index contributed by atoms with van der Waals surface area (Å²) in [5.74, 6) is 0.880. The highest BCUT2D eigenvalue weighted by molar-refractivity contribution is 5.96. The first kappa shape index (κ1) is 15.0. The van der Waals surface area contributed by atoms with Gasteiger partial charge < -0.3 is 14.9 Å². The van der Waals surface area contributed by atoms with E-state index in [0.29, 0.717) is 29.4 Å². The SMILES string of the molecule is CCc1noc(C)c1C(=O)NC1(CO)CCCC(C)C1. The van der Waals surface area contributed by atoms with Gasteiger partial charge in [0.15, 0.2) is 0 Å². The lowest BCUT2D eigenvalue weighted by Gasteiger charge is -2.39. The van der Waals surface area contributed by atoms with Crippen molar-refractivity contribution < 1.29 is 14.4 Å². The molecular formula is C15H24N2O3. The summed E-state index contributed by atoms with van der Waals surface area (Å²) in [6.07, 6.45) is 4.49. The van der Waals surface area contributed by atoms with Crippen LogP contribution in [0.3, 0.4) is 0 Å². The van der Waals surface area contributed by atoms with Crippen molar-refractivity contribution in [1.29, 1.82) is 0 Å². The Balaban J connectivity index is 2.19. The largest absolute Gasteiger partial charge is 0.394 e. The fourth-order valence-electron chi connectivity index (χ4n) is 3.21. The standard InChI is InChI=1S/C15H24N2O3/c1-4-12-13(11(3)20-17-12)14(19)16-15(9-18)7-5-6-10(2)8-15/h10,18H,4-9H2,1-3H3,(H,16,19). The van der Waals surface area contributed by atoms with Gasteiger partial charge >= 0.3 is 0 Å². The van der Waals surface area contributed by atoms with Crippen LogP contribution >= 0.6 is 0 Å². The van der Waals surface area contributed by atoms with E-state index in [1.807, 2.05) is 6.92 Å². The van der Waals surface area contributed by atoms with E-state index in [-0.39, 0.29) is 12.5 Å².